The number of pyridine rings is 1. The number of nitrogens with zero attached hydrogens (tertiary/aromatic N) is 2. The zero-order valence-corrected chi connectivity index (χ0v) is 10.0. The van der Waals surface area contributed by atoms with Crippen molar-refractivity contribution in [1.82, 2.24) is 9.61 Å². The van der Waals surface area contributed by atoms with E-state index < -0.39 is 23.2 Å². The van der Waals surface area contributed by atoms with Crippen molar-refractivity contribution in [2.24, 2.45) is 0 Å². The Kier molecular flexibility index (Phi) is 3.06. The first-order valence-corrected chi connectivity index (χ1v) is 5.50. The molecule has 0 N–H and O–H groups in total. The molecule has 2 aromatic rings. The van der Waals surface area contributed by atoms with Crippen molar-refractivity contribution in [2.75, 3.05) is 0 Å². The molecule has 18 heavy (non-hydrogen) atoms. The van der Waals surface area contributed by atoms with Gasteiger partial charge in [0.15, 0.2) is 11.5 Å². The van der Waals surface area contributed by atoms with E-state index >= 15 is 0 Å². The van der Waals surface area contributed by atoms with Crippen LogP contribution in [0, 0.1) is 0 Å². The molecule has 0 bridgehead atoms. The van der Waals surface area contributed by atoms with Gasteiger partial charge in [0, 0.05) is 12.6 Å². The van der Waals surface area contributed by atoms with E-state index in [0.29, 0.717) is 0 Å². The number of hydrogen-bond acceptors (Lipinski definition) is 2. The van der Waals surface area contributed by atoms with E-state index in [2.05, 4.69) is 5.10 Å². The minimum Gasteiger partial charge on any atom is -0.294 e. The van der Waals surface area contributed by atoms with Crippen molar-refractivity contribution in [1.29, 1.82) is 0 Å². The van der Waals surface area contributed by atoms with Crippen LogP contribution in [-0.2, 0) is 6.18 Å². The Morgan fingerprint density at radius 3 is 2.67 bits per heavy atom. The highest BCUT2D eigenvalue weighted by atomic mass is 35.5. The van der Waals surface area contributed by atoms with Gasteiger partial charge in [0.1, 0.15) is 0 Å². The number of hydrogen-bond donors (Lipinski definition) is 0. The second-order valence-electron chi connectivity index (χ2n) is 3.68. The van der Waals surface area contributed by atoms with E-state index in [0.717, 1.165) is 4.52 Å². The molecule has 0 atom stereocenters. The van der Waals surface area contributed by atoms with Gasteiger partial charge in [-0.2, -0.15) is 18.3 Å². The molecule has 3 nitrogen and oxygen atoms in total. The summed E-state index contributed by atoms with van der Waals surface area (Å²) in [6.07, 6.45) is -3.45. The number of halogens is 4. The van der Waals surface area contributed by atoms with Gasteiger partial charge >= 0.3 is 6.18 Å². The molecule has 0 aliphatic heterocycles. The first kappa shape index (κ1) is 12.9. The molecule has 0 aliphatic carbocycles. The van der Waals surface area contributed by atoms with Crippen molar-refractivity contribution >= 4 is 22.9 Å². The lowest BCUT2D eigenvalue weighted by Crippen LogP contribution is -2.12. The third-order valence-electron chi connectivity index (χ3n) is 2.46. The molecule has 0 radical (unpaired) electrons. The third-order valence-corrected chi connectivity index (χ3v) is 2.69. The molecule has 96 valence electrons. The summed E-state index contributed by atoms with van der Waals surface area (Å²) >= 11 is 5.68. The first-order valence-electron chi connectivity index (χ1n) is 5.13. The Hall–Kier alpha value is -1.56. The molecule has 0 amide bonds. The molecule has 2 heterocycles. The van der Waals surface area contributed by atoms with E-state index in [4.69, 9.17) is 11.6 Å². The summed E-state index contributed by atoms with van der Waals surface area (Å²) in [5.74, 6) is -0.598. The standard InChI is InChI=1S/C11H8ClF3N2O/c1-2-8(18)9-7-4-3-6(12)5-17(7)16-10(9)11(13,14)15/h3-5H,2H2,1H3. The fraction of sp³-hybridized carbons (Fsp3) is 0.273. The molecule has 0 fully saturated rings. The average molecular weight is 277 g/mol. The second kappa shape index (κ2) is 4.28. The van der Waals surface area contributed by atoms with E-state index in [9.17, 15) is 18.0 Å². The van der Waals surface area contributed by atoms with E-state index in [1.54, 1.807) is 0 Å². The molecule has 2 rings (SSSR count). The molecule has 0 aromatic carbocycles. The fourth-order valence-electron chi connectivity index (χ4n) is 1.67. The van der Waals surface area contributed by atoms with Crippen LogP contribution in [0.1, 0.15) is 29.4 Å². The molecular weight excluding hydrogens is 269 g/mol. The Balaban J connectivity index is 2.80. The first-order chi connectivity index (χ1) is 8.34. The van der Waals surface area contributed by atoms with Gasteiger partial charge in [-0.15, -0.1) is 0 Å². The fourth-order valence-corrected chi connectivity index (χ4v) is 1.83. The van der Waals surface area contributed by atoms with Crippen LogP contribution in [0.25, 0.3) is 5.52 Å². The predicted octanol–water partition coefficient (Wildman–Crippen LogP) is 3.60. The van der Waals surface area contributed by atoms with Gasteiger partial charge in [0.05, 0.1) is 16.1 Å². The van der Waals surface area contributed by atoms with E-state index in [-0.39, 0.29) is 17.0 Å². The molecule has 0 saturated carbocycles. The van der Waals surface area contributed by atoms with Crippen LogP contribution in [0.4, 0.5) is 13.2 Å². The number of rotatable bonds is 2. The number of carbonyl (C=O) groups is 1. The summed E-state index contributed by atoms with van der Waals surface area (Å²) in [6.45, 7) is 1.50. The number of carbonyl (C=O) groups excluding carboxylic acids is 1. The number of fused-ring (bicyclic) bond motifs is 1. The normalized spacial score (nSPS) is 12.1. The van der Waals surface area contributed by atoms with E-state index in [1.807, 2.05) is 0 Å². The molecule has 2 aromatic heterocycles. The maximum atomic E-state index is 12.8. The third kappa shape index (κ3) is 2.08. The van der Waals surface area contributed by atoms with Gasteiger partial charge in [-0.3, -0.25) is 4.79 Å². The zero-order valence-electron chi connectivity index (χ0n) is 9.25. The summed E-state index contributed by atoms with van der Waals surface area (Å²) in [5, 5.41) is 3.64. The van der Waals surface area contributed by atoms with Crippen LogP contribution < -0.4 is 0 Å². The Bertz CT molecular complexity index is 619. The smallest absolute Gasteiger partial charge is 0.294 e. The van der Waals surface area contributed by atoms with Gasteiger partial charge < -0.3 is 0 Å². The SMILES string of the molecule is CCC(=O)c1c(C(F)(F)F)nn2cc(Cl)ccc12. The lowest BCUT2D eigenvalue weighted by Gasteiger charge is -2.04. The minimum absolute atomic E-state index is 0.0208. The number of aromatic nitrogens is 2. The number of alkyl halides is 3. The molecule has 0 spiro atoms. The number of Topliss-reactive ketones (excluding diaryl/α,β-unsaturated/α-hetero) is 1. The van der Waals surface area contributed by atoms with Crippen molar-refractivity contribution in [2.45, 2.75) is 19.5 Å². The van der Waals surface area contributed by atoms with Crippen LogP contribution in [0.5, 0.6) is 0 Å². The zero-order chi connectivity index (χ0) is 13.5. The Morgan fingerprint density at radius 2 is 2.11 bits per heavy atom. The maximum Gasteiger partial charge on any atom is 0.435 e. The van der Waals surface area contributed by atoms with Crippen LogP contribution in [-0.4, -0.2) is 15.4 Å². The summed E-state index contributed by atoms with van der Waals surface area (Å²) in [6, 6.07) is 2.78. The van der Waals surface area contributed by atoms with Crippen LogP contribution >= 0.6 is 11.6 Å². The molecule has 7 heteroatoms. The molecular formula is C11H8ClF3N2O. The van der Waals surface area contributed by atoms with Gasteiger partial charge in [0.2, 0.25) is 0 Å². The highest BCUT2D eigenvalue weighted by Crippen LogP contribution is 2.33. The molecule has 0 aliphatic rings. The average Bonchev–Trinajstić information content (AvgIpc) is 2.66. The molecule has 0 saturated heterocycles. The van der Waals surface area contributed by atoms with Crippen molar-refractivity contribution in [3.63, 3.8) is 0 Å². The van der Waals surface area contributed by atoms with Crippen molar-refractivity contribution in [3.8, 4) is 0 Å². The Morgan fingerprint density at radius 1 is 1.44 bits per heavy atom. The topological polar surface area (TPSA) is 34.4 Å². The van der Waals surface area contributed by atoms with Gasteiger partial charge in [-0.05, 0) is 12.1 Å². The predicted molar refractivity (Wildman–Crippen MR) is 59.8 cm³/mol. The van der Waals surface area contributed by atoms with Crippen molar-refractivity contribution in [3.05, 3.63) is 34.6 Å². The highest BCUT2D eigenvalue weighted by Gasteiger charge is 2.39. The van der Waals surface area contributed by atoms with Gasteiger partial charge in [-0.1, -0.05) is 18.5 Å². The van der Waals surface area contributed by atoms with Gasteiger partial charge in [-0.25, -0.2) is 4.52 Å². The minimum atomic E-state index is -4.67. The maximum absolute atomic E-state index is 12.8. The van der Waals surface area contributed by atoms with Crippen LogP contribution in [0.2, 0.25) is 5.02 Å². The monoisotopic (exact) mass is 276 g/mol. The highest BCUT2D eigenvalue weighted by molar-refractivity contribution is 6.30. The van der Waals surface area contributed by atoms with Crippen molar-refractivity contribution < 1.29 is 18.0 Å². The number of ketones is 1. The quantitative estimate of drug-likeness (QED) is 0.786. The summed E-state index contributed by atoms with van der Waals surface area (Å²) in [4.78, 5) is 11.7. The van der Waals surface area contributed by atoms with Gasteiger partial charge in [0.25, 0.3) is 0 Å². The summed E-state index contributed by atoms with van der Waals surface area (Å²) < 4.78 is 39.4. The summed E-state index contributed by atoms with van der Waals surface area (Å²) in [5.41, 5.74) is -1.46. The summed E-state index contributed by atoms with van der Waals surface area (Å²) in [7, 11) is 0. The molecule has 0 unspecified atom stereocenters. The Labute approximate surface area is 105 Å². The van der Waals surface area contributed by atoms with Crippen LogP contribution in [0.3, 0.4) is 0 Å². The van der Waals surface area contributed by atoms with E-state index in [1.165, 1.54) is 25.3 Å². The lowest BCUT2D eigenvalue weighted by atomic mass is 10.1. The van der Waals surface area contributed by atoms with Crippen LogP contribution in [0.15, 0.2) is 18.3 Å². The largest absolute Gasteiger partial charge is 0.435 e. The second-order valence-corrected chi connectivity index (χ2v) is 4.11. The lowest BCUT2D eigenvalue weighted by molar-refractivity contribution is -0.141.